The van der Waals surface area contributed by atoms with Crippen LogP contribution in [0.3, 0.4) is 0 Å². The molecule has 3 aliphatic rings. The van der Waals surface area contributed by atoms with Crippen LogP contribution < -0.4 is 20.7 Å². The van der Waals surface area contributed by atoms with Gasteiger partial charge in [-0.3, -0.25) is 4.79 Å². The molecule has 242 valence electrons. The highest BCUT2D eigenvalue weighted by Crippen LogP contribution is 2.58. The second-order valence-electron chi connectivity index (χ2n) is 13.0. The average molecular weight is 641 g/mol. The quantitative estimate of drug-likeness (QED) is 0.259. The molecule has 4 aromatic rings. The second kappa shape index (κ2) is 11.1. The molecular weight excluding hydrogens is 607 g/mol. The summed E-state index contributed by atoms with van der Waals surface area (Å²) in [5.74, 6) is -1.17. The Balaban J connectivity index is 1.39. The van der Waals surface area contributed by atoms with Crippen molar-refractivity contribution in [1.82, 2.24) is 15.6 Å². The highest BCUT2D eigenvalue weighted by Gasteiger charge is 2.61. The summed E-state index contributed by atoms with van der Waals surface area (Å²) < 4.78 is 38.6. The zero-order valence-electron chi connectivity index (χ0n) is 26.2. The first-order valence-corrected chi connectivity index (χ1v) is 15.2. The van der Waals surface area contributed by atoms with Gasteiger partial charge >= 0.3 is 12.1 Å². The third-order valence-electron chi connectivity index (χ3n) is 8.84. The maximum absolute atomic E-state index is 15.0. The Morgan fingerprint density at radius 2 is 1.85 bits per heavy atom. The molecule has 0 radical (unpaired) electrons. The number of aromatic nitrogens is 1. The number of amides is 2. The molecule has 2 amide bonds. The number of nitrogens with zero attached hydrogens (tertiary/aromatic N) is 1. The van der Waals surface area contributed by atoms with E-state index in [1.54, 1.807) is 18.2 Å². The molecule has 11 nitrogen and oxygen atoms in total. The summed E-state index contributed by atoms with van der Waals surface area (Å²) in [6.07, 6.45) is -1.52. The van der Waals surface area contributed by atoms with Gasteiger partial charge in [0.1, 0.15) is 35.7 Å². The van der Waals surface area contributed by atoms with Crippen LogP contribution in [0.5, 0.6) is 5.75 Å². The second-order valence-corrected chi connectivity index (χ2v) is 13.0. The van der Waals surface area contributed by atoms with Crippen LogP contribution in [0.15, 0.2) is 71.1 Å². The van der Waals surface area contributed by atoms with E-state index in [9.17, 15) is 18.8 Å². The first-order valence-electron chi connectivity index (χ1n) is 15.2. The van der Waals surface area contributed by atoms with Gasteiger partial charge in [-0.25, -0.2) is 19.0 Å². The van der Waals surface area contributed by atoms with Gasteiger partial charge in [0.25, 0.3) is 0 Å². The van der Waals surface area contributed by atoms with Gasteiger partial charge in [0.05, 0.1) is 7.11 Å². The average Bonchev–Trinajstić information content (AvgIpc) is 3.70. The molecule has 4 bridgehead atoms. The van der Waals surface area contributed by atoms with Crippen LogP contribution in [0.25, 0.3) is 0 Å². The van der Waals surface area contributed by atoms with E-state index in [1.165, 1.54) is 19.2 Å². The van der Waals surface area contributed by atoms with Crippen molar-refractivity contribution in [3.8, 4) is 5.75 Å². The number of anilines is 1. The summed E-state index contributed by atoms with van der Waals surface area (Å²) in [5, 5.41) is 9.05. The number of hydrogen-bond acceptors (Lipinski definition) is 9. The molecule has 1 aromatic heterocycles. The fourth-order valence-electron chi connectivity index (χ4n) is 6.58. The Kier molecular flexibility index (Phi) is 7.18. The van der Waals surface area contributed by atoms with Crippen LogP contribution in [0.1, 0.15) is 71.2 Å². The molecule has 4 atom stereocenters. The van der Waals surface area contributed by atoms with Crippen molar-refractivity contribution in [2.75, 3.05) is 12.4 Å². The lowest BCUT2D eigenvalue weighted by Gasteiger charge is -2.32. The predicted molar refractivity (Wildman–Crippen MR) is 166 cm³/mol. The van der Waals surface area contributed by atoms with Crippen molar-refractivity contribution < 1.29 is 37.4 Å². The number of esters is 1. The van der Waals surface area contributed by atoms with Gasteiger partial charge in [0.15, 0.2) is 17.7 Å². The molecule has 7 rings (SSSR count). The fourth-order valence-corrected chi connectivity index (χ4v) is 6.58. The zero-order valence-corrected chi connectivity index (χ0v) is 26.2. The van der Waals surface area contributed by atoms with E-state index >= 15 is 0 Å². The van der Waals surface area contributed by atoms with E-state index < -0.39 is 52.9 Å². The van der Waals surface area contributed by atoms with Gasteiger partial charge in [0.2, 0.25) is 11.8 Å². The number of rotatable bonds is 4. The van der Waals surface area contributed by atoms with Gasteiger partial charge in [-0.2, -0.15) is 0 Å². The summed E-state index contributed by atoms with van der Waals surface area (Å²) in [7, 11) is 1.23. The number of benzene rings is 3. The standard InChI is InChI=1S/C35H33FN4O7/c1-34(2,3)27-30-39-26(31(42)44-4)28(47-30)35-21-16-20(36)11-12-23(21)37-32(35)46-25-13-10-19(14-22(25)35)15-24(29(41)40-27)38-33(43)45-17-18-8-6-5-7-9-18/h5-14,16,24,27,32,37H,15,17H2,1-4H3,(H,38,43)(H,40,41)/t24-,27+,32+,35-/m0/s1. The predicted octanol–water partition coefficient (Wildman–Crippen LogP) is 5.13. The lowest BCUT2D eigenvalue weighted by molar-refractivity contribution is -0.124. The maximum Gasteiger partial charge on any atom is 0.408 e. The monoisotopic (exact) mass is 640 g/mol. The first kappa shape index (κ1) is 30.3. The van der Waals surface area contributed by atoms with Crippen LogP contribution in [0.4, 0.5) is 14.9 Å². The van der Waals surface area contributed by atoms with E-state index in [-0.39, 0.29) is 30.4 Å². The topological polar surface area (TPSA) is 141 Å². The molecule has 0 saturated heterocycles. The molecule has 4 heterocycles. The number of ether oxygens (including phenoxy) is 3. The molecular formula is C35H33FN4O7. The largest absolute Gasteiger partial charge is 0.469 e. The summed E-state index contributed by atoms with van der Waals surface area (Å²) in [6, 6.07) is 16.9. The molecule has 0 fully saturated rings. The van der Waals surface area contributed by atoms with Crippen LogP contribution in [0, 0.1) is 11.2 Å². The van der Waals surface area contributed by atoms with Crippen LogP contribution >= 0.6 is 0 Å². The van der Waals surface area contributed by atoms with Crippen molar-refractivity contribution in [2.45, 2.75) is 57.5 Å². The molecule has 3 aliphatic heterocycles. The molecule has 12 heteroatoms. The number of alkyl carbamates (subject to hydrolysis) is 1. The Hall–Kier alpha value is -5.39. The Morgan fingerprint density at radius 3 is 2.60 bits per heavy atom. The van der Waals surface area contributed by atoms with Gasteiger partial charge in [-0.1, -0.05) is 63.2 Å². The van der Waals surface area contributed by atoms with E-state index in [0.29, 0.717) is 28.1 Å². The Bertz CT molecular complexity index is 1900. The number of carbonyl (C=O) groups excluding carboxylic acids is 3. The number of oxazole rings is 1. The smallest absolute Gasteiger partial charge is 0.408 e. The summed E-state index contributed by atoms with van der Waals surface area (Å²) in [4.78, 5) is 45.0. The minimum absolute atomic E-state index is 0.0179. The summed E-state index contributed by atoms with van der Waals surface area (Å²) in [6.45, 7) is 5.66. The third-order valence-corrected chi connectivity index (χ3v) is 8.84. The number of fused-ring (bicyclic) bond motifs is 4. The Labute approximate surface area is 269 Å². The molecule has 3 N–H and O–H groups in total. The minimum Gasteiger partial charge on any atom is -0.469 e. The van der Waals surface area contributed by atoms with E-state index in [1.807, 2.05) is 57.2 Å². The maximum atomic E-state index is 15.0. The van der Waals surface area contributed by atoms with Gasteiger partial charge in [0, 0.05) is 23.2 Å². The van der Waals surface area contributed by atoms with Crippen molar-refractivity contribution in [3.05, 3.63) is 112 Å². The molecule has 47 heavy (non-hydrogen) atoms. The summed E-state index contributed by atoms with van der Waals surface area (Å²) >= 11 is 0. The molecule has 1 spiro atoms. The summed E-state index contributed by atoms with van der Waals surface area (Å²) in [5.41, 5.74) is 0.926. The number of nitrogens with one attached hydrogen (secondary N) is 3. The number of hydrogen-bond donors (Lipinski definition) is 3. The number of methoxy groups -OCH3 is 1. The lowest BCUT2D eigenvalue weighted by Crippen LogP contribution is -2.50. The van der Waals surface area contributed by atoms with Crippen molar-refractivity contribution >= 4 is 23.7 Å². The minimum atomic E-state index is -1.36. The normalized spacial score (nSPS) is 22.3. The number of carbonyl (C=O) groups is 3. The Morgan fingerprint density at radius 1 is 1.06 bits per heavy atom. The third kappa shape index (κ3) is 5.04. The van der Waals surface area contributed by atoms with E-state index in [4.69, 9.17) is 18.6 Å². The number of halogens is 1. The highest BCUT2D eigenvalue weighted by molar-refractivity contribution is 5.91. The highest BCUT2D eigenvalue weighted by atomic mass is 19.1. The van der Waals surface area contributed by atoms with Crippen molar-refractivity contribution in [1.29, 1.82) is 0 Å². The van der Waals surface area contributed by atoms with E-state index in [0.717, 1.165) is 5.56 Å². The van der Waals surface area contributed by atoms with Gasteiger partial charge in [-0.05, 0) is 40.8 Å². The fraction of sp³-hybridized carbons (Fsp3) is 0.314. The van der Waals surface area contributed by atoms with Crippen LogP contribution in [-0.2, 0) is 32.7 Å². The van der Waals surface area contributed by atoms with E-state index in [2.05, 4.69) is 20.9 Å². The van der Waals surface area contributed by atoms with Crippen molar-refractivity contribution in [3.63, 3.8) is 0 Å². The first-order chi connectivity index (χ1) is 22.5. The van der Waals surface area contributed by atoms with Gasteiger partial charge < -0.3 is 34.6 Å². The van der Waals surface area contributed by atoms with Crippen LogP contribution in [0.2, 0.25) is 0 Å². The zero-order chi connectivity index (χ0) is 33.1. The molecule has 0 saturated carbocycles. The van der Waals surface area contributed by atoms with Crippen LogP contribution in [-0.4, -0.2) is 42.3 Å². The molecule has 0 unspecified atom stereocenters. The lowest BCUT2D eigenvalue weighted by atomic mass is 9.72. The molecule has 0 aliphatic carbocycles. The van der Waals surface area contributed by atoms with Crippen molar-refractivity contribution in [2.24, 2.45) is 5.41 Å². The molecule has 3 aromatic carbocycles. The van der Waals surface area contributed by atoms with Gasteiger partial charge in [-0.15, -0.1) is 0 Å². The SMILES string of the molecule is COC(=O)c1nc2oc1[C@@]13c4cc(F)ccc4N[C@@H]1Oc1ccc(cc13)C[C@H](NC(=O)OCc1ccccc1)C(=O)N[C@H]2C(C)(C)C.